The SMILES string of the molecule is O=S(=O)(O)C(c1cccc(O)c1O)S(=O)(=O)O. The number of phenols is 2. The van der Waals surface area contributed by atoms with E-state index in [0.29, 0.717) is 0 Å². The van der Waals surface area contributed by atoms with Crippen LogP contribution in [-0.2, 0) is 20.2 Å². The average Bonchev–Trinajstić information content (AvgIpc) is 2.08. The van der Waals surface area contributed by atoms with Crippen molar-refractivity contribution in [3.05, 3.63) is 23.8 Å². The molecule has 10 heteroatoms. The lowest BCUT2D eigenvalue weighted by molar-refractivity contribution is 0.397. The first-order valence-electron chi connectivity index (χ1n) is 3.98. The smallest absolute Gasteiger partial charge is 0.289 e. The van der Waals surface area contributed by atoms with Crippen LogP contribution in [0.15, 0.2) is 18.2 Å². The molecule has 0 spiro atoms. The minimum absolute atomic E-state index is 0.792. The Labute approximate surface area is 96.6 Å². The van der Waals surface area contributed by atoms with E-state index in [1.807, 2.05) is 0 Å². The monoisotopic (exact) mass is 284 g/mol. The first-order chi connectivity index (χ1) is 7.55. The molecule has 0 heterocycles. The minimum Gasteiger partial charge on any atom is -0.504 e. The molecule has 0 aliphatic rings. The van der Waals surface area contributed by atoms with Gasteiger partial charge in [0.25, 0.3) is 20.2 Å². The van der Waals surface area contributed by atoms with Gasteiger partial charge in [0.1, 0.15) is 0 Å². The largest absolute Gasteiger partial charge is 0.504 e. The molecule has 8 nitrogen and oxygen atoms in total. The van der Waals surface area contributed by atoms with E-state index in [0.717, 1.165) is 18.2 Å². The fourth-order valence-electron chi connectivity index (χ4n) is 1.21. The Morgan fingerprint density at radius 1 is 0.941 bits per heavy atom. The van der Waals surface area contributed by atoms with Crippen LogP contribution in [0.25, 0.3) is 0 Å². The van der Waals surface area contributed by atoms with Gasteiger partial charge in [-0.1, -0.05) is 12.1 Å². The molecule has 17 heavy (non-hydrogen) atoms. The molecule has 0 atom stereocenters. The summed E-state index contributed by atoms with van der Waals surface area (Å²) in [6.07, 6.45) is 0. The van der Waals surface area contributed by atoms with Crippen molar-refractivity contribution in [2.24, 2.45) is 0 Å². The van der Waals surface area contributed by atoms with Crippen molar-refractivity contribution in [1.29, 1.82) is 0 Å². The van der Waals surface area contributed by atoms with Gasteiger partial charge in [-0.25, -0.2) is 0 Å². The zero-order chi connectivity index (χ0) is 13.4. The lowest BCUT2D eigenvalue weighted by Gasteiger charge is -2.13. The van der Waals surface area contributed by atoms with Gasteiger partial charge < -0.3 is 10.2 Å². The van der Waals surface area contributed by atoms with Gasteiger partial charge in [-0.3, -0.25) is 9.11 Å². The van der Waals surface area contributed by atoms with Crippen LogP contribution in [0.4, 0.5) is 0 Å². The van der Waals surface area contributed by atoms with Crippen molar-refractivity contribution < 1.29 is 36.2 Å². The highest BCUT2D eigenvalue weighted by Crippen LogP contribution is 2.38. The molecular formula is C7H8O8S2. The Kier molecular flexibility index (Phi) is 3.34. The van der Waals surface area contributed by atoms with Crippen LogP contribution in [0.1, 0.15) is 10.1 Å². The van der Waals surface area contributed by atoms with E-state index in [1.54, 1.807) is 0 Å². The van der Waals surface area contributed by atoms with Gasteiger partial charge in [-0.2, -0.15) is 16.8 Å². The van der Waals surface area contributed by atoms with Crippen LogP contribution in [0.2, 0.25) is 0 Å². The average molecular weight is 284 g/mol. The Morgan fingerprint density at radius 2 is 1.41 bits per heavy atom. The predicted molar refractivity (Wildman–Crippen MR) is 55.6 cm³/mol. The van der Waals surface area contributed by atoms with E-state index in [9.17, 15) is 21.9 Å². The van der Waals surface area contributed by atoms with Gasteiger partial charge in [0.2, 0.25) is 4.58 Å². The van der Waals surface area contributed by atoms with Crippen LogP contribution >= 0.6 is 0 Å². The molecule has 1 rings (SSSR count). The first kappa shape index (κ1) is 13.7. The summed E-state index contributed by atoms with van der Waals surface area (Å²) in [5.41, 5.74) is -0.852. The molecule has 0 unspecified atom stereocenters. The van der Waals surface area contributed by atoms with E-state index in [4.69, 9.17) is 14.2 Å². The fraction of sp³-hybridized carbons (Fsp3) is 0.143. The van der Waals surface area contributed by atoms with E-state index < -0.39 is 41.9 Å². The van der Waals surface area contributed by atoms with Crippen molar-refractivity contribution in [3.63, 3.8) is 0 Å². The molecule has 0 radical (unpaired) electrons. The highest BCUT2D eigenvalue weighted by molar-refractivity contribution is 8.03. The summed E-state index contributed by atoms with van der Waals surface area (Å²) in [5, 5.41) is 18.4. The number of hydrogen-bond donors (Lipinski definition) is 4. The highest BCUT2D eigenvalue weighted by Gasteiger charge is 2.39. The maximum atomic E-state index is 10.9. The Balaban J connectivity index is 3.62. The van der Waals surface area contributed by atoms with E-state index in [2.05, 4.69) is 0 Å². The first-order valence-corrected chi connectivity index (χ1v) is 6.99. The Morgan fingerprint density at radius 3 is 1.82 bits per heavy atom. The molecule has 0 aromatic heterocycles. The maximum Gasteiger partial charge on any atom is 0.289 e. The molecule has 1 aromatic carbocycles. The van der Waals surface area contributed by atoms with Crippen LogP contribution in [-0.4, -0.2) is 36.2 Å². The van der Waals surface area contributed by atoms with E-state index in [1.165, 1.54) is 0 Å². The van der Waals surface area contributed by atoms with Crippen molar-refractivity contribution in [3.8, 4) is 11.5 Å². The van der Waals surface area contributed by atoms with Crippen LogP contribution in [0, 0.1) is 0 Å². The van der Waals surface area contributed by atoms with Gasteiger partial charge in [0.15, 0.2) is 11.5 Å². The molecule has 0 fully saturated rings. The number of hydrogen-bond acceptors (Lipinski definition) is 6. The standard InChI is InChI=1S/C7H8O8S2/c8-5-3-1-2-4(6(5)9)7(16(10,11)12)17(13,14)15/h1-3,7-9H,(H,10,11,12)(H,13,14,15). The number of benzene rings is 1. The molecule has 1 aromatic rings. The zero-order valence-electron chi connectivity index (χ0n) is 8.05. The summed E-state index contributed by atoms with van der Waals surface area (Å²) in [4.78, 5) is 0. The quantitative estimate of drug-likeness (QED) is 0.443. The van der Waals surface area contributed by atoms with Crippen molar-refractivity contribution >= 4 is 20.2 Å². The predicted octanol–water partition coefficient (Wildman–Crippen LogP) is -0.128. The van der Waals surface area contributed by atoms with Gasteiger partial charge >= 0.3 is 0 Å². The summed E-state index contributed by atoms with van der Waals surface area (Å²) in [7, 11) is -10.4. The summed E-state index contributed by atoms with van der Waals surface area (Å²) in [5.74, 6) is -1.85. The summed E-state index contributed by atoms with van der Waals surface area (Å²) >= 11 is 0. The summed E-state index contributed by atoms with van der Waals surface area (Å²) in [6, 6.07) is 2.82. The van der Waals surface area contributed by atoms with Gasteiger partial charge in [-0.05, 0) is 6.07 Å². The molecule has 0 saturated heterocycles. The van der Waals surface area contributed by atoms with Gasteiger partial charge in [0, 0.05) is 5.56 Å². The maximum absolute atomic E-state index is 10.9. The third-order valence-corrected chi connectivity index (χ3v) is 4.89. The third kappa shape index (κ3) is 2.85. The lowest BCUT2D eigenvalue weighted by atomic mass is 10.2. The molecular weight excluding hydrogens is 276 g/mol. The topological polar surface area (TPSA) is 149 Å². The van der Waals surface area contributed by atoms with Crippen LogP contribution < -0.4 is 0 Å². The van der Waals surface area contributed by atoms with Gasteiger partial charge in [-0.15, -0.1) is 0 Å². The van der Waals surface area contributed by atoms with Crippen molar-refractivity contribution in [2.45, 2.75) is 4.58 Å². The zero-order valence-corrected chi connectivity index (χ0v) is 9.68. The highest BCUT2D eigenvalue weighted by atomic mass is 32.3. The van der Waals surface area contributed by atoms with Crippen LogP contribution in [0.5, 0.6) is 11.5 Å². The summed E-state index contributed by atoms with van der Waals surface area (Å²) in [6.45, 7) is 0. The molecule has 96 valence electrons. The summed E-state index contributed by atoms with van der Waals surface area (Å²) < 4.78 is 58.1. The fourth-order valence-corrected chi connectivity index (χ4v) is 3.46. The van der Waals surface area contributed by atoms with Crippen molar-refractivity contribution in [2.75, 3.05) is 0 Å². The molecule has 0 saturated carbocycles. The second-order valence-corrected chi connectivity index (χ2v) is 6.38. The van der Waals surface area contributed by atoms with E-state index in [-0.39, 0.29) is 0 Å². The lowest BCUT2D eigenvalue weighted by Crippen LogP contribution is -2.21. The number of para-hydroxylation sites is 1. The normalized spacial score (nSPS) is 12.9. The molecule has 0 bridgehead atoms. The Hall–Kier alpha value is -1.36. The van der Waals surface area contributed by atoms with E-state index >= 15 is 0 Å². The van der Waals surface area contributed by atoms with Crippen molar-refractivity contribution in [1.82, 2.24) is 0 Å². The molecule has 0 aliphatic heterocycles. The Bertz CT molecular complexity index is 598. The van der Waals surface area contributed by atoms with Gasteiger partial charge in [0.05, 0.1) is 0 Å². The third-order valence-electron chi connectivity index (χ3n) is 1.84. The van der Waals surface area contributed by atoms with Crippen LogP contribution in [0.3, 0.4) is 0 Å². The number of phenolic OH excluding ortho intramolecular Hbond substituents is 2. The molecule has 4 N–H and O–H groups in total. The minimum atomic E-state index is -5.22. The number of rotatable bonds is 3. The second-order valence-electron chi connectivity index (χ2n) is 3.08. The molecule has 0 amide bonds. The molecule has 0 aliphatic carbocycles. The second kappa shape index (κ2) is 4.14. The number of aromatic hydroxyl groups is 2.